The van der Waals surface area contributed by atoms with Crippen LogP contribution in [-0.4, -0.2) is 6.54 Å². The van der Waals surface area contributed by atoms with E-state index in [-0.39, 0.29) is 11.9 Å². The molecule has 0 heterocycles. The van der Waals surface area contributed by atoms with Gasteiger partial charge in [0.1, 0.15) is 5.82 Å². The standard InChI is InChI=1S/C18H22FN/c1-14(16-7-4-3-5-8-16)11-12-20-15(2)17-9-6-10-18(19)13-17/h3-10,13-15,20H,11-12H2,1-2H3/t14?,15-/m0/s1. The zero-order valence-corrected chi connectivity index (χ0v) is 12.1. The molecule has 0 aromatic heterocycles. The van der Waals surface area contributed by atoms with Gasteiger partial charge < -0.3 is 5.32 Å². The largest absolute Gasteiger partial charge is 0.310 e. The van der Waals surface area contributed by atoms with Gasteiger partial charge in [0, 0.05) is 6.04 Å². The topological polar surface area (TPSA) is 12.0 Å². The molecule has 1 unspecified atom stereocenters. The third-order valence-corrected chi connectivity index (χ3v) is 3.75. The molecule has 0 amide bonds. The van der Waals surface area contributed by atoms with Crippen molar-refractivity contribution in [2.75, 3.05) is 6.54 Å². The molecule has 0 spiro atoms. The highest BCUT2D eigenvalue weighted by molar-refractivity contribution is 5.20. The average molecular weight is 271 g/mol. The highest BCUT2D eigenvalue weighted by Crippen LogP contribution is 2.19. The van der Waals surface area contributed by atoms with E-state index in [1.54, 1.807) is 12.1 Å². The smallest absolute Gasteiger partial charge is 0.123 e. The van der Waals surface area contributed by atoms with Crippen LogP contribution in [0.4, 0.5) is 4.39 Å². The van der Waals surface area contributed by atoms with Crippen LogP contribution in [0.2, 0.25) is 0 Å². The molecule has 0 aliphatic rings. The average Bonchev–Trinajstić information content (AvgIpc) is 2.48. The first-order chi connectivity index (χ1) is 9.66. The Bertz CT molecular complexity index is 524. The molecule has 1 N–H and O–H groups in total. The summed E-state index contributed by atoms with van der Waals surface area (Å²) in [6, 6.07) is 17.5. The van der Waals surface area contributed by atoms with Gasteiger partial charge in [-0.2, -0.15) is 0 Å². The van der Waals surface area contributed by atoms with Gasteiger partial charge >= 0.3 is 0 Å². The Hall–Kier alpha value is -1.67. The first kappa shape index (κ1) is 14.7. The molecule has 1 nitrogen and oxygen atoms in total. The maximum Gasteiger partial charge on any atom is 0.123 e. The highest BCUT2D eigenvalue weighted by Gasteiger charge is 2.08. The molecule has 20 heavy (non-hydrogen) atoms. The van der Waals surface area contributed by atoms with Gasteiger partial charge in [0.15, 0.2) is 0 Å². The van der Waals surface area contributed by atoms with Crippen molar-refractivity contribution in [2.24, 2.45) is 0 Å². The van der Waals surface area contributed by atoms with E-state index < -0.39 is 0 Å². The van der Waals surface area contributed by atoms with E-state index >= 15 is 0 Å². The Morgan fingerprint density at radius 1 is 0.950 bits per heavy atom. The Kier molecular flexibility index (Phi) is 5.31. The van der Waals surface area contributed by atoms with Crippen molar-refractivity contribution >= 4 is 0 Å². The number of hydrogen-bond acceptors (Lipinski definition) is 1. The van der Waals surface area contributed by atoms with Gasteiger partial charge in [0.25, 0.3) is 0 Å². The van der Waals surface area contributed by atoms with Gasteiger partial charge in [0.2, 0.25) is 0 Å². The maximum atomic E-state index is 13.2. The molecule has 2 heteroatoms. The summed E-state index contributed by atoms with van der Waals surface area (Å²) in [5, 5.41) is 3.46. The molecular formula is C18H22FN. The second kappa shape index (κ2) is 7.20. The molecule has 106 valence electrons. The molecular weight excluding hydrogens is 249 g/mol. The third kappa shape index (κ3) is 4.17. The van der Waals surface area contributed by atoms with Gasteiger partial charge in [-0.15, -0.1) is 0 Å². The number of benzene rings is 2. The van der Waals surface area contributed by atoms with Crippen LogP contribution in [0.3, 0.4) is 0 Å². The number of halogens is 1. The predicted molar refractivity (Wildman–Crippen MR) is 82.3 cm³/mol. The number of hydrogen-bond donors (Lipinski definition) is 1. The maximum absolute atomic E-state index is 13.2. The molecule has 0 bridgehead atoms. The summed E-state index contributed by atoms with van der Waals surface area (Å²) in [6.07, 6.45) is 1.07. The van der Waals surface area contributed by atoms with Crippen LogP contribution in [0.5, 0.6) is 0 Å². The Labute approximate surface area is 120 Å². The molecule has 2 atom stereocenters. The highest BCUT2D eigenvalue weighted by atomic mass is 19.1. The number of nitrogens with one attached hydrogen (secondary N) is 1. The SMILES string of the molecule is CC(CCN[C@@H](C)c1cccc(F)c1)c1ccccc1. The summed E-state index contributed by atoms with van der Waals surface area (Å²) in [5.41, 5.74) is 2.37. The van der Waals surface area contributed by atoms with Gasteiger partial charge in [-0.25, -0.2) is 4.39 Å². The monoisotopic (exact) mass is 271 g/mol. The summed E-state index contributed by atoms with van der Waals surface area (Å²) >= 11 is 0. The Morgan fingerprint density at radius 3 is 2.35 bits per heavy atom. The van der Waals surface area contributed by atoms with Crippen LogP contribution >= 0.6 is 0 Å². The van der Waals surface area contributed by atoms with Gasteiger partial charge in [0.05, 0.1) is 0 Å². The minimum absolute atomic E-state index is 0.172. The van der Waals surface area contributed by atoms with Crippen LogP contribution in [0.1, 0.15) is 43.4 Å². The summed E-state index contributed by atoms with van der Waals surface area (Å²) < 4.78 is 13.2. The van der Waals surface area contributed by atoms with Gasteiger partial charge in [-0.1, -0.05) is 49.4 Å². The molecule has 2 aromatic carbocycles. The second-order valence-electron chi connectivity index (χ2n) is 5.33. The van der Waals surface area contributed by atoms with Crippen molar-refractivity contribution in [2.45, 2.75) is 32.2 Å². The fraction of sp³-hybridized carbons (Fsp3) is 0.333. The molecule has 0 aliphatic carbocycles. The lowest BCUT2D eigenvalue weighted by Crippen LogP contribution is -2.21. The second-order valence-corrected chi connectivity index (χ2v) is 5.33. The van der Waals surface area contributed by atoms with E-state index in [0.29, 0.717) is 5.92 Å². The van der Waals surface area contributed by atoms with Crippen LogP contribution < -0.4 is 5.32 Å². The van der Waals surface area contributed by atoms with Gasteiger partial charge in [-0.05, 0) is 49.1 Å². The van der Waals surface area contributed by atoms with E-state index in [0.717, 1.165) is 18.5 Å². The van der Waals surface area contributed by atoms with E-state index in [4.69, 9.17) is 0 Å². The van der Waals surface area contributed by atoms with Crippen LogP contribution in [0.25, 0.3) is 0 Å². The van der Waals surface area contributed by atoms with Crippen LogP contribution in [-0.2, 0) is 0 Å². The lowest BCUT2D eigenvalue weighted by Gasteiger charge is -2.17. The van der Waals surface area contributed by atoms with Crippen molar-refractivity contribution in [3.63, 3.8) is 0 Å². The molecule has 0 radical (unpaired) electrons. The predicted octanol–water partition coefficient (Wildman–Crippen LogP) is 4.67. The zero-order chi connectivity index (χ0) is 14.4. The molecule has 2 rings (SSSR count). The third-order valence-electron chi connectivity index (χ3n) is 3.75. The fourth-order valence-corrected chi connectivity index (χ4v) is 2.36. The van der Waals surface area contributed by atoms with E-state index in [2.05, 4.69) is 43.4 Å². The number of rotatable bonds is 6. The Balaban J connectivity index is 1.81. The molecule has 0 aliphatic heterocycles. The summed E-state index contributed by atoms with van der Waals surface area (Å²) in [7, 11) is 0. The Morgan fingerprint density at radius 2 is 1.65 bits per heavy atom. The van der Waals surface area contributed by atoms with Gasteiger partial charge in [-0.3, -0.25) is 0 Å². The lowest BCUT2D eigenvalue weighted by atomic mass is 9.97. The van der Waals surface area contributed by atoms with Crippen molar-refractivity contribution in [3.05, 3.63) is 71.5 Å². The fourth-order valence-electron chi connectivity index (χ4n) is 2.36. The normalized spacial score (nSPS) is 13.9. The first-order valence-electron chi connectivity index (χ1n) is 7.20. The minimum Gasteiger partial charge on any atom is -0.310 e. The molecule has 2 aromatic rings. The minimum atomic E-state index is -0.172. The summed E-state index contributed by atoms with van der Waals surface area (Å²) in [5.74, 6) is 0.359. The summed E-state index contributed by atoms with van der Waals surface area (Å²) in [4.78, 5) is 0. The molecule has 0 saturated carbocycles. The van der Waals surface area contributed by atoms with Crippen molar-refractivity contribution in [1.82, 2.24) is 5.32 Å². The van der Waals surface area contributed by atoms with E-state index in [9.17, 15) is 4.39 Å². The molecule has 0 saturated heterocycles. The van der Waals surface area contributed by atoms with Crippen molar-refractivity contribution < 1.29 is 4.39 Å². The quantitative estimate of drug-likeness (QED) is 0.805. The molecule has 0 fully saturated rings. The van der Waals surface area contributed by atoms with Crippen LogP contribution in [0, 0.1) is 5.82 Å². The van der Waals surface area contributed by atoms with Crippen molar-refractivity contribution in [3.8, 4) is 0 Å². The van der Waals surface area contributed by atoms with E-state index in [1.807, 2.05) is 12.1 Å². The first-order valence-corrected chi connectivity index (χ1v) is 7.20. The van der Waals surface area contributed by atoms with E-state index in [1.165, 1.54) is 11.6 Å². The van der Waals surface area contributed by atoms with Crippen molar-refractivity contribution in [1.29, 1.82) is 0 Å². The van der Waals surface area contributed by atoms with Crippen LogP contribution in [0.15, 0.2) is 54.6 Å². The lowest BCUT2D eigenvalue weighted by molar-refractivity contribution is 0.527. The summed E-state index contributed by atoms with van der Waals surface area (Å²) in [6.45, 7) is 5.24. The zero-order valence-electron chi connectivity index (χ0n) is 12.1.